The molecule has 0 aliphatic carbocycles. The molecule has 4 nitrogen and oxygen atoms in total. The van der Waals surface area contributed by atoms with E-state index in [1.54, 1.807) is 41.7 Å². The van der Waals surface area contributed by atoms with E-state index < -0.39 is 0 Å². The van der Waals surface area contributed by atoms with E-state index in [1.165, 1.54) is 30.3 Å². The maximum atomic E-state index is 13.1. The van der Waals surface area contributed by atoms with Crippen LogP contribution in [0.15, 0.2) is 60.0 Å². The standard InChI is InChI=1S/C23H21F2N3OS/c24-19-6-1-17(2-7-19)3-10-22(29)28-13-11-27(12-14-28)15-21-16-30-23(26-21)18-4-8-20(25)9-5-18/h1-10,16H,11-15H2/b10-3+. The van der Waals surface area contributed by atoms with Crippen LogP contribution in [0.5, 0.6) is 0 Å². The van der Waals surface area contributed by atoms with Crippen molar-refractivity contribution in [3.05, 3.63) is 82.9 Å². The average molecular weight is 426 g/mol. The Labute approximate surface area is 178 Å². The number of rotatable bonds is 5. The molecule has 1 fully saturated rings. The zero-order chi connectivity index (χ0) is 20.9. The largest absolute Gasteiger partial charge is 0.337 e. The smallest absolute Gasteiger partial charge is 0.246 e. The Morgan fingerprint density at radius 3 is 2.27 bits per heavy atom. The highest BCUT2D eigenvalue weighted by atomic mass is 32.1. The molecule has 30 heavy (non-hydrogen) atoms. The predicted molar refractivity (Wildman–Crippen MR) is 115 cm³/mol. The van der Waals surface area contributed by atoms with Crippen LogP contribution in [0.3, 0.4) is 0 Å². The van der Waals surface area contributed by atoms with Crippen LogP contribution < -0.4 is 0 Å². The number of carbonyl (C=O) groups is 1. The number of halogens is 2. The summed E-state index contributed by atoms with van der Waals surface area (Å²) in [5.41, 5.74) is 2.69. The SMILES string of the molecule is O=C(/C=C/c1ccc(F)cc1)N1CCN(Cc2csc(-c3ccc(F)cc3)n2)CC1. The summed E-state index contributed by atoms with van der Waals surface area (Å²) in [4.78, 5) is 21.2. The lowest BCUT2D eigenvalue weighted by Gasteiger charge is -2.33. The molecule has 4 rings (SSSR count). The van der Waals surface area contributed by atoms with Gasteiger partial charge in [0, 0.05) is 49.7 Å². The normalized spacial score (nSPS) is 15.1. The molecule has 1 amide bonds. The maximum Gasteiger partial charge on any atom is 0.246 e. The minimum absolute atomic E-state index is 0.0359. The number of aromatic nitrogens is 1. The van der Waals surface area contributed by atoms with Crippen LogP contribution in [0.4, 0.5) is 8.78 Å². The van der Waals surface area contributed by atoms with Crippen LogP contribution >= 0.6 is 11.3 Å². The third-order valence-corrected chi connectivity index (χ3v) is 5.94. The first-order valence-corrected chi connectivity index (χ1v) is 10.6. The summed E-state index contributed by atoms with van der Waals surface area (Å²) in [5.74, 6) is -0.582. The lowest BCUT2D eigenvalue weighted by atomic mass is 10.2. The highest BCUT2D eigenvalue weighted by Gasteiger charge is 2.20. The van der Waals surface area contributed by atoms with Gasteiger partial charge < -0.3 is 4.90 Å². The van der Waals surface area contributed by atoms with Crippen LogP contribution in [-0.2, 0) is 11.3 Å². The first kappa shape index (κ1) is 20.4. The third kappa shape index (κ3) is 5.17. The molecule has 0 bridgehead atoms. The summed E-state index contributed by atoms with van der Waals surface area (Å²) in [6.07, 6.45) is 3.25. The van der Waals surface area contributed by atoms with E-state index in [4.69, 9.17) is 0 Å². The fraction of sp³-hybridized carbons (Fsp3) is 0.217. The number of piperazine rings is 1. The van der Waals surface area contributed by atoms with Gasteiger partial charge in [-0.1, -0.05) is 12.1 Å². The van der Waals surface area contributed by atoms with Crippen molar-refractivity contribution in [2.24, 2.45) is 0 Å². The van der Waals surface area contributed by atoms with Crippen molar-refractivity contribution >= 4 is 23.3 Å². The van der Waals surface area contributed by atoms with Gasteiger partial charge in [-0.3, -0.25) is 9.69 Å². The summed E-state index contributed by atoms with van der Waals surface area (Å²) in [5, 5.41) is 2.91. The quantitative estimate of drug-likeness (QED) is 0.567. The number of nitrogens with zero attached hydrogens (tertiary/aromatic N) is 3. The molecule has 0 atom stereocenters. The van der Waals surface area contributed by atoms with E-state index in [-0.39, 0.29) is 17.5 Å². The second-order valence-corrected chi connectivity index (χ2v) is 8.00. The molecule has 0 saturated carbocycles. The van der Waals surface area contributed by atoms with Crippen molar-refractivity contribution in [3.63, 3.8) is 0 Å². The summed E-state index contributed by atoms with van der Waals surface area (Å²) in [6.45, 7) is 3.59. The van der Waals surface area contributed by atoms with Crippen molar-refractivity contribution in [3.8, 4) is 10.6 Å². The Morgan fingerprint density at radius 2 is 1.60 bits per heavy atom. The molecule has 2 heterocycles. The zero-order valence-electron chi connectivity index (χ0n) is 16.3. The maximum absolute atomic E-state index is 13.1. The van der Waals surface area contributed by atoms with Gasteiger partial charge in [0.15, 0.2) is 0 Å². The molecule has 1 saturated heterocycles. The van der Waals surface area contributed by atoms with Crippen molar-refractivity contribution < 1.29 is 13.6 Å². The molecular weight excluding hydrogens is 404 g/mol. The molecule has 0 spiro atoms. The van der Waals surface area contributed by atoms with E-state index in [1.807, 2.05) is 10.3 Å². The lowest BCUT2D eigenvalue weighted by Crippen LogP contribution is -2.47. The Morgan fingerprint density at radius 1 is 0.967 bits per heavy atom. The van der Waals surface area contributed by atoms with E-state index in [9.17, 15) is 13.6 Å². The van der Waals surface area contributed by atoms with Gasteiger partial charge in [-0.2, -0.15) is 0 Å². The van der Waals surface area contributed by atoms with Crippen LogP contribution in [0, 0.1) is 11.6 Å². The lowest BCUT2D eigenvalue weighted by molar-refractivity contribution is -0.127. The van der Waals surface area contributed by atoms with Crippen LogP contribution in [0.1, 0.15) is 11.3 Å². The van der Waals surface area contributed by atoms with E-state index in [2.05, 4.69) is 9.88 Å². The first-order chi connectivity index (χ1) is 14.6. The van der Waals surface area contributed by atoms with E-state index >= 15 is 0 Å². The van der Waals surface area contributed by atoms with E-state index in [0.717, 1.165) is 41.5 Å². The second-order valence-electron chi connectivity index (χ2n) is 7.14. The third-order valence-electron chi connectivity index (χ3n) is 5.00. The zero-order valence-corrected chi connectivity index (χ0v) is 17.1. The Hall–Kier alpha value is -2.90. The van der Waals surface area contributed by atoms with Gasteiger partial charge in [-0.25, -0.2) is 13.8 Å². The van der Waals surface area contributed by atoms with Crippen LogP contribution in [-0.4, -0.2) is 46.9 Å². The van der Waals surface area contributed by atoms with Crippen molar-refractivity contribution in [2.75, 3.05) is 26.2 Å². The molecule has 0 unspecified atom stereocenters. The molecule has 2 aromatic carbocycles. The Balaban J connectivity index is 1.28. The highest BCUT2D eigenvalue weighted by Crippen LogP contribution is 2.24. The monoisotopic (exact) mass is 425 g/mol. The molecule has 1 aliphatic rings. The van der Waals surface area contributed by atoms with Crippen LogP contribution in [0.25, 0.3) is 16.6 Å². The minimum atomic E-state index is -0.292. The van der Waals surface area contributed by atoms with Gasteiger partial charge in [0.1, 0.15) is 16.6 Å². The number of hydrogen-bond acceptors (Lipinski definition) is 4. The summed E-state index contributed by atoms with van der Waals surface area (Å²) < 4.78 is 26.0. The van der Waals surface area contributed by atoms with Crippen molar-refractivity contribution in [2.45, 2.75) is 6.54 Å². The fourth-order valence-corrected chi connectivity index (χ4v) is 4.12. The van der Waals surface area contributed by atoms with Gasteiger partial charge in [0.25, 0.3) is 0 Å². The van der Waals surface area contributed by atoms with Gasteiger partial charge in [0.05, 0.1) is 5.69 Å². The van der Waals surface area contributed by atoms with Crippen molar-refractivity contribution in [1.29, 1.82) is 0 Å². The first-order valence-electron chi connectivity index (χ1n) is 9.72. The molecule has 154 valence electrons. The van der Waals surface area contributed by atoms with Gasteiger partial charge in [-0.05, 0) is 48.0 Å². The molecule has 1 aromatic heterocycles. The second kappa shape index (κ2) is 9.28. The highest BCUT2D eigenvalue weighted by molar-refractivity contribution is 7.13. The van der Waals surface area contributed by atoms with Crippen LogP contribution in [0.2, 0.25) is 0 Å². The number of amides is 1. The van der Waals surface area contributed by atoms with E-state index in [0.29, 0.717) is 13.1 Å². The van der Waals surface area contributed by atoms with Gasteiger partial charge in [-0.15, -0.1) is 11.3 Å². The predicted octanol–water partition coefficient (Wildman–Crippen LogP) is 4.45. The Bertz CT molecular complexity index is 1020. The number of benzene rings is 2. The molecular formula is C23H21F2N3OS. The summed E-state index contributed by atoms with van der Waals surface area (Å²) >= 11 is 1.55. The number of hydrogen-bond donors (Lipinski definition) is 0. The number of thiazole rings is 1. The van der Waals surface area contributed by atoms with Gasteiger partial charge in [0.2, 0.25) is 5.91 Å². The molecule has 1 aliphatic heterocycles. The molecule has 0 radical (unpaired) electrons. The summed E-state index contributed by atoms with van der Waals surface area (Å²) in [7, 11) is 0. The average Bonchev–Trinajstić information content (AvgIpc) is 3.22. The molecule has 0 N–H and O–H groups in total. The Kier molecular flexibility index (Phi) is 6.30. The van der Waals surface area contributed by atoms with Gasteiger partial charge >= 0.3 is 0 Å². The molecule has 7 heteroatoms. The molecule has 3 aromatic rings. The topological polar surface area (TPSA) is 36.4 Å². The minimum Gasteiger partial charge on any atom is -0.337 e. The number of carbonyl (C=O) groups excluding carboxylic acids is 1. The van der Waals surface area contributed by atoms with Crippen molar-refractivity contribution in [1.82, 2.24) is 14.8 Å². The fourth-order valence-electron chi connectivity index (χ4n) is 3.31. The summed E-state index contributed by atoms with van der Waals surface area (Å²) in [6, 6.07) is 12.4.